The molecule has 0 heterocycles. The van der Waals surface area contributed by atoms with E-state index in [4.69, 9.17) is 0 Å². The summed E-state index contributed by atoms with van der Waals surface area (Å²) in [6.07, 6.45) is 14.8. The third-order valence-corrected chi connectivity index (χ3v) is 6.34. The largest absolute Gasteiger partial charge is 0.389 e. The molecule has 3 saturated carbocycles. The summed E-state index contributed by atoms with van der Waals surface area (Å²) in [5.74, 6) is 1.06. The van der Waals surface area contributed by atoms with Gasteiger partial charge in [0, 0.05) is 11.8 Å². The van der Waals surface area contributed by atoms with Gasteiger partial charge in [-0.15, -0.1) is 0 Å². The van der Waals surface area contributed by atoms with E-state index in [0.717, 1.165) is 44.9 Å². The molecule has 0 radical (unpaired) electrons. The highest BCUT2D eigenvalue weighted by molar-refractivity contribution is 5.85. The van der Waals surface area contributed by atoms with Gasteiger partial charge in [0.2, 0.25) is 0 Å². The van der Waals surface area contributed by atoms with Crippen molar-refractivity contribution in [2.24, 2.45) is 17.8 Å². The van der Waals surface area contributed by atoms with Gasteiger partial charge in [-0.3, -0.25) is 4.79 Å². The molecule has 3 aliphatic carbocycles. The van der Waals surface area contributed by atoms with Crippen molar-refractivity contribution < 1.29 is 9.90 Å². The van der Waals surface area contributed by atoms with E-state index in [1.807, 2.05) is 0 Å². The SMILES string of the molecule is O=C(C1CCCCC1)[C@@H]1CCC[C@@]1(O)C1CCCCC1. The summed E-state index contributed by atoms with van der Waals surface area (Å²) in [4.78, 5) is 12.9. The minimum absolute atomic E-state index is 0.0336. The molecular weight excluding hydrogens is 248 g/mol. The van der Waals surface area contributed by atoms with E-state index in [9.17, 15) is 9.90 Å². The van der Waals surface area contributed by atoms with E-state index in [0.29, 0.717) is 11.7 Å². The van der Waals surface area contributed by atoms with Crippen molar-refractivity contribution in [3.8, 4) is 0 Å². The molecule has 0 aromatic carbocycles. The van der Waals surface area contributed by atoms with Crippen LogP contribution in [0.25, 0.3) is 0 Å². The second kappa shape index (κ2) is 6.17. The molecular formula is C18H30O2. The van der Waals surface area contributed by atoms with Gasteiger partial charge in [0.25, 0.3) is 0 Å². The Balaban J connectivity index is 1.71. The van der Waals surface area contributed by atoms with E-state index in [-0.39, 0.29) is 11.8 Å². The van der Waals surface area contributed by atoms with Crippen molar-refractivity contribution in [1.82, 2.24) is 0 Å². The molecule has 2 nitrogen and oxygen atoms in total. The first-order valence-corrected chi connectivity index (χ1v) is 8.98. The molecule has 0 amide bonds. The number of Topliss-reactive ketones (excluding diaryl/α,β-unsaturated/α-hetero) is 1. The molecule has 2 heteroatoms. The van der Waals surface area contributed by atoms with E-state index < -0.39 is 5.60 Å². The van der Waals surface area contributed by atoms with Crippen LogP contribution in [0.2, 0.25) is 0 Å². The van der Waals surface area contributed by atoms with E-state index in [2.05, 4.69) is 0 Å². The number of rotatable bonds is 3. The molecule has 3 fully saturated rings. The molecule has 0 spiro atoms. The van der Waals surface area contributed by atoms with Crippen molar-refractivity contribution in [3.63, 3.8) is 0 Å². The number of hydrogen-bond acceptors (Lipinski definition) is 2. The quantitative estimate of drug-likeness (QED) is 0.838. The first-order valence-electron chi connectivity index (χ1n) is 8.98. The minimum Gasteiger partial charge on any atom is -0.389 e. The minimum atomic E-state index is -0.644. The normalized spacial score (nSPS) is 37.1. The molecule has 3 aliphatic rings. The van der Waals surface area contributed by atoms with Gasteiger partial charge in [0.1, 0.15) is 5.78 Å². The van der Waals surface area contributed by atoms with Crippen LogP contribution < -0.4 is 0 Å². The summed E-state index contributed by atoms with van der Waals surface area (Å²) in [5.41, 5.74) is -0.644. The first-order chi connectivity index (χ1) is 9.72. The maximum Gasteiger partial charge on any atom is 0.141 e. The lowest BCUT2D eigenvalue weighted by Crippen LogP contribution is -2.47. The molecule has 0 aromatic rings. The zero-order chi connectivity index (χ0) is 14.0. The Bertz CT molecular complexity index is 339. The molecule has 114 valence electrons. The lowest BCUT2D eigenvalue weighted by molar-refractivity contribution is -0.140. The summed E-state index contributed by atoms with van der Waals surface area (Å²) >= 11 is 0. The van der Waals surface area contributed by atoms with Crippen LogP contribution in [0.4, 0.5) is 0 Å². The zero-order valence-electron chi connectivity index (χ0n) is 12.8. The average Bonchev–Trinajstić information content (AvgIpc) is 2.91. The molecule has 3 rings (SSSR count). The maximum atomic E-state index is 12.9. The molecule has 0 unspecified atom stereocenters. The van der Waals surface area contributed by atoms with Gasteiger partial charge in [-0.1, -0.05) is 38.5 Å². The molecule has 0 bridgehead atoms. The van der Waals surface area contributed by atoms with Crippen LogP contribution >= 0.6 is 0 Å². The van der Waals surface area contributed by atoms with Gasteiger partial charge in [-0.25, -0.2) is 0 Å². The number of carbonyl (C=O) groups is 1. The third-order valence-electron chi connectivity index (χ3n) is 6.34. The smallest absolute Gasteiger partial charge is 0.141 e. The molecule has 0 saturated heterocycles. The Labute approximate surface area is 123 Å². The van der Waals surface area contributed by atoms with Crippen molar-refractivity contribution >= 4 is 5.78 Å². The van der Waals surface area contributed by atoms with E-state index in [1.165, 1.54) is 38.5 Å². The van der Waals surface area contributed by atoms with Gasteiger partial charge in [-0.2, -0.15) is 0 Å². The van der Waals surface area contributed by atoms with Gasteiger partial charge >= 0.3 is 0 Å². The predicted octanol–water partition coefficient (Wildman–Crippen LogP) is 4.25. The van der Waals surface area contributed by atoms with Crippen LogP contribution in [-0.4, -0.2) is 16.5 Å². The lowest BCUT2D eigenvalue weighted by atomic mass is 9.68. The Hall–Kier alpha value is -0.370. The van der Waals surface area contributed by atoms with Gasteiger partial charge in [-0.05, 0) is 50.9 Å². The average molecular weight is 278 g/mol. The molecule has 2 atom stereocenters. The third kappa shape index (κ3) is 2.68. The highest BCUT2D eigenvalue weighted by Gasteiger charge is 2.51. The summed E-state index contributed by atoms with van der Waals surface area (Å²) in [6, 6.07) is 0. The fourth-order valence-electron chi connectivity index (χ4n) is 5.16. The highest BCUT2D eigenvalue weighted by atomic mass is 16.3. The summed E-state index contributed by atoms with van der Waals surface area (Å²) < 4.78 is 0. The molecule has 0 aromatic heterocycles. The topological polar surface area (TPSA) is 37.3 Å². The fourth-order valence-corrected chi connectivity index (χ4v) is 5.16. The van der Waals surface area contributed by atoms with Crippen molar-refractivity contribution in [2.45, 2.75) is 89.1 Å². The molecule has 20 heavy (non-hydrogen) atoms. The summed E-state index contributed by atoms with van der Waals surface area (Å²) in [6.45, 7) is 0. The van der Waals surface area contributed by atoms with Gasteiger partial charge in [0.05, 0.1) is 5.60 Å². The predicted molar refractivity (Wildman–Crippen MR) is 80.4 cm³/mol. The summed E-state index contributed by atoms with van der Waals surface area (Å²) in [5, 5.41) is 11.3. The van der Waals surface area contributed by atoms with Crippen LogP contribution in [0, 0.1) is 17.8 Å². The Morgan fingerprint density at radius 3 is 2.05 bits per heavy atom. The van der Waals surface area contributed by atoms with Crippen LogP contribution in [0.15, 0.2) is 0 Å². The summed E-state index contributed by atoms with van der Waals surface area (Å²) in [7, 11) is 0. The van der Waals surface area contributed by atoms with E-state index >= 15 is 0 Å². The van der Waals surface area contributed by atoms with Crippen molar-refractivity contribution in [2.75, 3.05) is 0 Å². The Morgan fingerprint density at radius 1 is 0.800 bits per heavy atom. The maximum absolute atomic E-state index is 12.9. The first kappa shape index (κ1) is 14.6. The number of carbonyl (C=O) groups excluding carboxylic acids is 1. The van der Waals surface area contributed by atoms with Crippen LogP contribution in [0.3, 0.4) is 0 Å². The monoisotopic (exact) mass is 278 g/mol. The zero-order valence-corrected chi connectivity index (χ0v) is 12.8. The second-order valence-electron chi connectivity index (χ2n) is 7.51. The Morgan fingerprint density at radius 2 is 1.40 bits per heavy atom. The van der Waals surface area contributed by atoms with Crippen molar-refractivity contribution in [3.05, 3.63) is 0 Å². The number of hydrogen-bond donors (Lipinski definition) is 1. The van der Waals surface area contributed by atoms with Crippen LogP contribution in [0.1, 0.15) is 83.5 Å². The lowest BCUT2D eigenvalue weighted by Gasteiger charge is -2.40. The van der Waals surface area contributed by atoms with E-state index in [1.54, 1.807) is 0 Å². The second-order valence-corrected chi connectivity index (χ2v) is 7.51. The Kier molecular flexibility index (Phi) is 4.49. The van der Waals surface area contributed by atoms with Gasteiger partial charge < -0.3 is 5.11 Å². The molecule has 1 N–H and O–H groups in total. The number of ketones is 1. The fraction of sp³-hybridized carbons (Fsp3) is 0.944. The van der Waals surface area contributed by atoms with Crippen molar-refractivity contribution in [1.29, 1.82) is 0 Å². The molecule has 0 aliphatic heterocycles. The van der Waals surface area contributed by atoms with Crippen LogP contribution in [0.5, 0.6) is 0 Å². The van der Waals surface area contributed by atoms with Crippen LogP contribution in [-0.2, 0) is 4.79 Å². The van der Waals surface area contributed by atoms with Gasteiger partial charge in [0.15, 0.2) is 0 Å². The standard InChI is InChI=1S/C18H30O2/c19-17(14-8-3-1-4-9-14)16-12-7-13-18(16,20)15-10-5-2-6-11-15/h14-16,20H,1-13H2/t16-,18+/m0/s1. The highest BCUT2D eigenvalue weighted by Crippen LogP contribution is 2.48. The number of aliphatic hydroxyl groups is 1.